The summed E-state index contributed by atoms with van der Waals surface area (Å²) in [6.07, 6.45) is -0.754. The maximum atomic E-state index is 12.3. The van der Waals surface area contributed by atoms with E-state index in [2.05, 4.69) is 0 Å². The van der Waals surface area contributed by atoms with Crippen LogP contribution >= 0.6 is 11.6 Å². The van der Waals surface area contributed by atoms with Gasteiger partial charge in [0, 0.05) is 12.3 Å². The van der Waals surface area contributed by atoms with Crippen molar-refractivity contribution in [1.82, 2.24) is 0 Å². The van der Waals surface area contributed by atoms with Crippen molar-refractivity contribution in [3.8, 4) is 0 Å². The molecule has 0 aliphatic carbocycles. The van der Waals surface area contributed by atoms with E-state index in [9.17, 15) is 21.8 Å². The lowest BCUT2D eigenvalue weighted by Crippen LogP contribution is -2.28. The van der Waals surface area contributed by atoms with Crippen LogP contribution in [0.2, 0.25) is 0 Å². The molecule has 0 aromatic rings. The average molecular weight is 222 g/mol. The van der Waals surface area contributed by atoms with Crippen molar-refractivity contribution in [3.05, 3.63) is 0 Å². The number of rotatable bonds is 5. The van der Waals surface area contributed by atoms with Gasteiger partial charge in [0.2, 0.25) is 0 Å². The minimum absolute atomic E-state index is 0.0715. The van der Waals surface area contributed by atoms with Crippen LogP contribution in [0.4, 0.5) is 8.78 Å². The fourth-order valence-electron chi connectivity index (χ4n) is 0.550. The van der Waals surface area contributed by atoms with Crippen molar-refractivity contribution in [2.75, 3.05) is 5.88 Å². The molecular formula is C5H8ClF2O3S-. The van der Waals surface area contributed by atoms with Crippen LogP contribution in [0.3, 0.4) is 0 Å². The first kappa shape index (κ1) is 12.1. The molecule has 0 heterocycles. The fraction of sp³-hybridized carbons (Fsp3) is 1.00. The third-order valence-corrected chi connectivity index (χ3v) is 2.42. The first-order valence-electron chi connectivity index (χ1n) is 3.20. The highest BCUT2D eigenvalue weighted by Crippen LogP contribution is 2.26. The summed E-state index contributed by atoms with van der Waals surface area (Å²) in [5.74, 6) is 0.176. The number of halogens is 3. The van der Waals surface area contributed by atoms with Crippen LogP contribution in [0.25, 0.3) is 0 Å². The van der Waals surface area contributed by atoms with E-state index in [4.69, 9.17) is 11.6 Å². The molecular weight excluding hydrogens is 214 g/mol. The topological polar surface area (TPSA) is 57.2 Å². The van der Waals surface area contributed by atoms with Crippen molar-refractivity contribution in [2.45, 2.75) is 24.5 Å². The lowest BCUT2D eigenvalue weighted by molar-refractivity contribution is 0.0677. The molecule has 0 saturated heterocycles. The Balaban J connectivity index is 4.06. The van der Waals surface area contributed by atoms with Crippen LogP contribution in [0.15, 0.2) is 0 Å². The SMILES string of the molecule is O=S(=O)([O-])C(F)(F)CCCCCl. The molecule has 0 rings (SSSR count). The second-order valence-electron chi connectivity index (χ2n) is 2.24. The predicted molar refractivity (Wildman–Crippen MR) is 39.2 cm³/mol. The third-order valence-electron chi connectivity index (χ3n) is 1.22. The van der Waals surface area contributed by atoms with Gasteiger partial charge in [0.05, 0.1) is 0 Å². The minimum atomic E-state index is -5.51. The van der Waals surface area contributed by atoms with E-state index < -0.39 is 21.8 Å². The van der Waals surface area contributed by atoms with Gasteiger partial charge >= 0.3 is 5.25 Å². The summed E-state index contributed by atoms with van der Waals surface area (Å²) in [4.78, 5) is 0. The molecule has 0 atom stereocenters. The van der Waals surface area contributed by atoms with Crippen molar-refractivity contribution in [3.63, 3.8) is 0 Å². The molecule has 0 fully saturated rings. The fourth-order valence-corrected chi connectivity index (χ4v) is 1.13. The molecule has 3 nitrogen and oxygen atoms in total. The molecule has 0 spiro atoms. The number of unbranched alkanes of at least 4 members (excludes halogenated alkanes) is 1. The van der Waals surface area contributed by atoms with Gasteiger partial charge in [-0.2, -0.15) is 8.78 Å². The minimum Gasteiger partial charge on any atom is -0.743 e. The van der Waals surface area contributed by atoms with Gasteiger partial charge in [-0.1, -0.05) is 0 Å². The summed E-state index contributed by atoms with van der Waals surface area (Å²) in [6, 6.07) is 0. The van der Waals surface area contributed by atoms with E-state index in [0.717, 1.165) is 0 Å². The van der Waals surface area contributed by atoms with Gasteiger partial charge in [0.15, 0.2) is 10.1 Å². The summed E-state index contributed by atoms with van der Waals surface area (Å²) in [7, 11) is -5.51. The van der Waals surface area contributed by atoms with Gasteiger partial charge < -0.3 is 4.55 Å². The zero-order valence-corrected chi connectivity index (χ0v) is 7.67. The predicted octanol–water partition coefficient (Wildman–Crippen LogP) is 1.53. The van der Waals surface area contributed by atoms with Gasteiger partial charge in [0.25, 0.3) is 0 Å². The van der Waals surface area contributed by atoms with Crippen LogP contribution in [-0.4, -0.2) is 24.1 Å². The summed E-state index contributed by atoms with van der Waals surface area (Å²) in [5, 5.41) is -4.15. The Bertz CT molecular complexity index is 227. The quantitative estimate of drug-likeness (QED) is 0.402. The molecule has 12 heavy (non-hydrogen) atoms. The lowest BCUT2D eigenvalue weighted by Gasteiger charge is -2.19. The highest BCUT2D eigenvalue weighted by molar-refractivity contribution is 7.86. The van der Waals surface area contributed by atoms with Crippen molar-refractivity contribution >= 4 is 21.7 Å². The Morgan fingerprint density at radius 2 is 1.83 bits per heavy atom. The van der Waals surface area contributed by atoms with Crippen molar-refractivity contribution < 1.29 is 21.8 Å². The molecule has 0 aromatic carbocycles. The molecule has 7 heteroatoms. The second kappa shape index (κ2) is 4.34. The standard InChI is InChI=1S/C5H9ClF2O3S/c6-4-2-1-3-5(7,8)12(9,10)11/h1-4H2,(H,9,10,11)/p-1. The third kappa shape index (κ3) is 3.64. The summed E-state index contributed by atoms with van der Waals surface area (Å²) < 4.78 is 54.3. The van der Waals surface area contributed by atoms with Gasteiger partial charge in [-0.25, -0.2) is 8.42 Å². The maximum Gasteiger partial charge on any atom is 0.334 e. The molecule has 0 radical (unpaired) electrons. The zero-order valence-electron chi connectivity index (χ0n) is 6.10. The number of hydrogen-bond donors (Lipinski definition) is 0. The highest BCUT2D eigenvalue weighted by Gasteiger charge is 2.36. The van der Waals surface area contributed by atoms with Gasteiger partial charge in [-0.05, 0) is 12.8 Å². The normalized spacial score (nSPS) is 13.3. The molecule has 74 valence electrons. The number of hydrogen-bond acceptors (Lipinski definition) is 3. The largest absolute Gasteiger partial charge is 0.743 e. The molecule has 0 unspecified atom stereocenters. The lowest BCUT2D eigenvalue weighted by atomic mass is 10.2. The van der Waals surface area contributed by atoms with E-state index in [1.54, 1.807) is 0 Å². The van der Waals surface area contributed by atoms with Crippen LogP contribution in [0.5, 0.6) is 0 Å². The Kier molecular flexibility index (Phi) is 4.36. The van der Waals surface area contributed by atoms with Crippen LogP contribution in [-0.2, 0) is 10.1 Å². The van der Waals surface area contributed by atoms with Crippen LogP contribution < -0.4 is 0 Å². The van der Waals surface area contributed by atoms with E-state index in [1.165, 1.54) is 0 Å². The zero-order chi connectivity index (χ0) is 9.83. The first-order valence-corrected chi connectivity index (χ1v) is 5.15. The van der Waals surface area contributed by atoms with E-state index in [1.807, 2.05) is 0 Å². The van der Waals surface area contributed by atoms with Gasteiger partial charge in [-0.15, -0.1) is 11.6 Å². The molecule has 0 aliphatic rings. The Morgan fingerprint density at radius 1 is 1.33 bits per heavy atom. The second-order valence-corrected chi connectivity index (χ2v) is 4.12. The van der Waals surface area contributed by atoms with Crippen LogP contribution in [0, 0.1) is 0 Å². The summed E-state index contributed by atoms with van der Waals surface area (Å²) >= 11 is 5.17. The Hall–Kier alpha value is 0.0600. The van der Waals surface area contributed by atoms with Gasteiger partial charge in [0.1, 0.15) is 0 Å². The van der Waals surface area contributed by atoms with E-state index in [0.29, 0.717) is 0 Å². The Morgan fingerprint density at radius 3 is 2.17 bits per heavy atom. The Labute approximate surface area is 74.5 Å². The van der Waals surface area contributed by atoms with E-state index in [-0.39, 0.29) is 18.7 Å². The first-order chi connectivity index (χ1) is 5.31. The van der Waals surface area contributed by atoms with Crippen molar-refractivity contribution in [1.29, 1.82) is 0 Å². The monoisotopic (exact) mass is 221 g/mol. The molecule has 0 amide bonds. The highest BCUT2D eigenvalue weighted by atomic mass is 35.5. The molecule has 0 bridgehead atoms. The van der Waals surface area contributed by atoms with Crippen LogP contribution in [0.1, 0.15) is 19.3 Å². The van der Waals surface area contributed by atoms with E-state index >= 15 is 0 Å². The summed E-state index contributed by atoms with van der Waals surface area (Å²) in [5.41, 5.74) is 0. The molecule has 0 saturated carbocycles. The van der Waals surface area contributed by atoms with Crippen molar-refractivity contribution in [2.24, 2.45) is 0 Å². The average Bonchev–Trinajstić information content (AvgIpc) is 1.85. The smallest absolute Gasteiger partial charge is 0.334 e. The molecule has 0 aliphatic heterocycles. The molecule has 0 N–H and O–H groups in total. The summed E-state index contributed by atoms with van der Waals surface area (Å²) in [6.45, 7) is 0. The number of alkyl halides is 3. The van der Waals surface area contributed by atoms with Gasteiger partial charge in [-0.3, -0.25) is 0 Å². The molecule has 0 aromatic heterocycles. The maximum absolute atomic E-state index is 12.3.